The fourth-order valence-corrected chi connectivity index (χ4v) is 2.44. The first kappa shape index (κ1) is 16.9. The summed E-state index contributed by atoms with van der Waals surface area (Å²) in [5.41, 5.74) is 2.64. The normalized spacial score (nSPS) is 14.9. The van der Waals surface area contributed by atoms with Gasteiger partial charge in [0.1, 0.15) is 0 Å². The quantitative estimate of drug-likeness (QED) is 0.796. The maximum Gasteiger partial charge on any atom is 0.244 e. The van der Waals surface area contributed by atoms with Crippen LogP contribution in [0.4, 0.5) is 5.69 Å². The molecule has 128 valence electrons. The zero-order valence-electron chi connectivity index (χ0n) is 14.1. The average molecular weight is 335 g/mol. The highest BCUT2D eigenvalue weighted by Gasteiger charge is 2.29. The molecule has 0 aliphatic heterocycles. The average Bonchev–Trinajstić information content (AvgIpc) is 3.46. The van der Waals surface area contributed by atoms with Crippen molar-refractivity contribution in [2.45, 2.75) is 25.8 Å². The second kappa shape index (κ2) is 7.75. The van der Waals surface area contributed by atoms with Crippen molar-refractivity contribution < 1.29 is 9.59 Å². The number of aromatic nitrogens is 1. The van der Waals surface area contributed by atoms with E-state index >= 15 is 0 Å². The third-order valence-electron chi connectivity index (χ3n) is 4.10. The van der Waals surface area contributed by atoms with Gasteiger partial charge in [-0.3, -0.25) is 14.6 Å². The van der Waals surface area contributed by atoms with E-state index < -0.39 is 0 Å². The minimum absolute atomic E-state index is 0.0923. The van der Waals surface area contributed by atoms with Crippen LogP contribution >= 0.6 is 0 Å². The van der Waals surface area contributed by atoms with Crippen molar-refractivity contribution in [3.05, 3.63) is 66.0 Å². The van der Waals surface area contributed by atoms with Crippen LogP contribution in [0.5, 0.6) is 0 Å². The van der Waals surface area contributed by atoms with Crippen LogP contribution in [-0.4, -0.2) is 16.8 Å². The summed E-state index contributed by atoms with van der Waals surface area (Å²) in [6, 6.07) is 11.1. The van der Waals surface area contributed by atoms with E-state index in [1.165, 1.54) is 6.08 Å². The van der Waals surface area contributed by atoms with Crippen molar-refractivity contribution in [2.75, 3.05) is 5.32 Å². The van der Waals surface area contributed by atoms with Crippen LogP contribution in [0.2, 0.25) is 0 Å². The molecule has 0 bridgehead atoms. The first-order valence-corrected chi connectivity index (χ1v) is 8.41. The van der Waals surface area contributed by atoms with Crippen LogP contribution in [0.25, 0.3) is 6.08 Å². The highest BCUT2D eigenvalue weighted by molar-refractivity contribution is 5.94. The standard InChI is InChI=1S/C20H21N3O2/c1-14(22-19(24)11-4-15-3-2-12-21-13-15)16-7-9-18(10-8-16)23-20(25)17-5-6-17/h2-4,7-14,17H,5-6H2,1H3,(H,22,24)(H,23,25)/b11-4+. The van der Waals surface area contributed by atoms with Crippen molar-refractivity contribution in [3.63, 3.8) is 0 Å². The van der Waals surface area contributed by atoms with Crippen molar-refractivity contribution in [1.82, 2.24) is 10.3 Å². The van der Waals surface area contributed by atoms with E-state index in [9.17, 15) is 9.59 Å². The lowest BCUT2D eigenvalue weighted by Crippen LogP contribution is -2.24. The molecule has 5 nitrogen and oxygen atoms in total. The number of rotatable bonds is 6. The Labute approximate surface area is 147 Å². The van der Waals surface area contributed by atoms with Crippen LogP contribution in [0.3, 0.4) is 0 Å². The van der Waals surface area contributed by atoms with E-state index in [0.717, 1.165) is 29.7 Å². The summed E-state index contributed by atoms with van der Waals surface area (Å²) in [5.74, 6) is 0.113. The van der Waals surface area contributed by atoms with E-state index in [1.54, 1.807) is 18.5 Å². The number of benzene rings is 1. The fraction of sp³-hybridized carbons (Fsp3) is 0.250. The summed E-state index contributed by atoms with van der Waals surface area (Å²) in [5, 5.41) is 5.83. The van der Waals surface area contributed by atoms with Gasteiger partial charge < -0.3 is 10.6 Å². The lowest BCUT2D eigenvalue weighted by Gasteiger charge is -2.14. The maximum absolute atomic E-state index is 12.0. The summed E-state index contributed by atoms with van der Waals surface area (Å²) in [4.78, 5) is 27.8. The van der Waals surface area contributed by atoms with Gasteiger partial charge in [0.15, 0.2) is 0 Å². The molecule has 1 heterocycles. The number of hydrogen-bond donors (Lipinski definition) is 2. The molecule has 0 spiro atoms. The molecule has 2 N–H and O–H groups in total. The molecule has 1 saturated carbocycles. The second-order valence-corrected chi connectivity index (χ2v) is 6.24. The van der Waals surface area contributed by atoms with Crippen molar-refractivity contribution in [1.29, 1.82) is 0 Å². The largest absolute Gasteiger partial charge is 0.346 e. The van der Waals surface area contributed by atoms with Crippen molar-refractivity contribution in [2.24, 2.45) is 5.92 Å². The number of amides is 2. The van der Waals surface area contributed by atoms with Gasteiger partial charge in [0.25, 0.3) is 0 Å². The summed E-state index contributed by atoms with van der Waals surface area (Å²) >= 11 is 0. The molecule has 1 aliphatic rings. The first-order chi connectivity index (χ1) is 12.1. The molecule has 2 aromatic rings. The third kappa shape index (κ3) is 5.01. The van der Waals surface area contributed by atoms with Gasteiger partial charge in [0.05, 0.1) is 6.04 Å². The molecule has 0 saturated heterocycles. The molecule has 1 aromatic carbocycles. The molecule has 2 amide bonds. The number of nitrogens with zero attached hydrogens (tertiary/aromatic N) is 1. The number of carbonyl (C=O) groups is 2. The predicted molar refractivity (Wildman–Crippen MR) is 97.6 cm³/mol. The number of anilines is 1. The minimum atomic E-state index is -0.164. The molecule has 3 rings (SSSR count). The van der Waals surface area contributed by atoms with Gasteiger partial charge in [0.2, 0.25) is 11.8 Å². The van der Waals surface area contributed by atoms with Crippen LogP contribution in [-0.2, 0) is 9.59 Å². The Morgan fingerprint density at radius 3 is 2.60 bits per heavy atom. The molecule has 25 heavy (non-hydrogen) atoms. The molecule has 1 unspecified atom stereocenters. The smallest absolute Gasteiger partial charge is 0.244 e. The van der Waals surface area contributed by atoms with Gasteiger partial charge in [-0.1, -0.05) is 18.2 Å². The van der Waals surface area contributed by atoms with Crippen LogP contribution in [0, 0.1) is 5.92 Å². The topological polar surface area (TPSA) is 71.1 Å². The number of nitrogens with one attached hydrogen (secondary N) is 2. The zero-order chi connectivity index (χ0) is 17.6. The van der Waals surface area contributed by atoms with Gasteiger partial charge in [-0.2, -0.15) is 0 Å². The highest BCUT2D eigenvalue weighted by Crippen LogP contribution is 2.30. The lowest BCUT2D eigenvalue weighted by molar-refractivity contribution is -0.118. The maximum atomic E-state index is 12.0. The van der Waals surface area contributed by atoms with Crippen LogP contribution in [0.1, 0.15) is 36.9 Å². The van der Waals surface area contributed by atoms with Gasteiger partial charge in [-0.15, -0.1) is 0 Å². The molecule has 1 fully saturated rings. The summed E-state index contributed by atoms with van der Waals surface area (Å²) in [6.07, 6.45) is 8.58. The Morgan fingerprint density at radius 1 is 1.20 bits per heavy atom. The fourth-order valence-electron chi connectivity index (χ4n) is 2.44. The van der Waals surface area contributed by atoms with Crippen molar-refractivity contribution in [3.8, 4) is 0 Å². The third-order valence-corrected chi connectivity index (χ3v) is 4.10. The summed E-state index contributed by atoms with van der Waals surface area (Å²) in [6.45, 7) is 1.92. The second-order valence-electron chi connectivity index (χ2n) is 6.24. The van der Waals surface area contributed by atoms with Gasteiger partial charge >= 0.3 is 0 Å². The number of pyridine rings is 1. The Kier molecular flexibility index (Phi) is 5.23. The Hall–Kier alpha value is -2.95. The number of hydrogen-bond acceptors (Lipinski definition) is 3. The van der Waals surface area contributed by atoms with Gasteiger partial charge in [-0.05, 0) is 55.2 Å². The Balaban J connectivity index is 1.53. The first-order valence-electron chi connectivity index (χ1n) is 8.41. The highest BCUT2D eigenvalue weighted by atomic mass is 16.2. The molecule has 1 atom stereocenters. The lowest BCUT2D eigenvalue weighted by atomic mass is 10.1. The van der Waals surface area contributed by atoms with Crippen LogP contribution < -0.4 is 10.6 Å². The number of carbonyl (C=O) groups excluding carboxylic acids is 2. The van der Waals surface area contributed by atoms with Gasteiger partial charge in [0, 0.05) is 30.1 Å². The molecule has 1 aromatic heterocycles. The SMILES string of the molecule is CC(NC(=O)/C=C/c1cccnc1)c1ccc(NC(=O)C2CC2)cc1. The predicted octanol–water partition coefficient (Wildman–Crippen LogP) is 3.32. The molecule has 0 radical (unpaired) electrons. The summed E-state index contributed by atoms with van der Waals surface area (Å²) in [7, 11) is 0. The van der Waals surface area contributed by atoms with E-state index in [-0.39, 0.29) is 23.8 Å². The Morgan fingerprint density at radius 2 is 1.96 bits per heavy atom. The molecule has 5 heteroatoms. The van der Waals surface area contributed by atoms with E-state index in [1.807, 2.05) is 43.3 Å². The molecular weight excluding hydrogens is 314 g/mol. The van der Waals surface area contributed by atoms with Crippen LogP contribution in [0.15, 0.2) is 54.9 Å². The Bertz CT molecular complexity index is 765. The van der Waals surface area contributed by atoms with E-state index in [4.69, 9.17) is 0 Å². The zero-order valence-corrected chi connectivity index (χ0v) is 14.1. The monoisotopic (exact) mass is 335 g/mol. The minimum Gasteiger partial charge on any atom is -0.346 e. The van der Waals surface area contributed by atoms with E-state index in [2.05, 4.69) is 15.6 Å². The molecular formula is C20H21N3O2. The summed E-state index contributed by atoms with van der Waals surface area (Å²) < 4.78 is 0. The molecule has 1 aliphatic carbocycles. The van der Waals surface area contributed by atoms with E-state index in [0.29, 0.717) is 0 Å². The van der Waals surface area contributed by atoms with Crippen molar-refractivity contribution >= 4 is 23.6 Å². The van der Waals surface area contributed by atoms with Gasteiger partial charge in [-0.25, -0.2) is 0 Å².